The molecule has 0 bridgehead atoms. The zero-order chi connectivity index (χ0) is 26.3. The molecular formula is C30H29N4O3+. The van der Waals surface area contributed by atoms with Gasteiger partial charge in [-0.3, -0.25) is 24.4 Å². The van der Waals surface area contributed by atoms with Crippen LogP contribution in [0.3, 0.4) is 0 Å². The van der Waals surface area contributed by atoms with Crippen LogP contribution in [-0.2, 0) is 16.1 Å². The first-order valence-electron chi connectivity index (χ1n) is 12.3. The Labute approximate surface area is 215 Å². The van der Waals surface area contributed by atoms with Gasteiger partial charge >= 0.3 is 5.91 Å². The summed E-state index contributed by atoms with van der Waals surface area (Å²) in [6.07, 6.45) is 3.63. The van der Waals surface area contributed by atoms with E-state index in [9.17, 15) is 14.4 Å². The monoisotopic (exact) mass is 493 g/mol. The highest BCUT2D eigenvalue weighted by molar-refractivity contribution is 6.44. The Bertz CT molecular complexity index is 1570. The number of amides is 2. The number of carbonyl (C=O) groups excluding carboxylic acids is 2. The maximum absolute atomic E-state index is 14.0. The minimum absolute atomic E-state index is 0.100. The molecule has 7 nitrogen and oxygen atoms in total. The smallest absolute Gasteiger partial charge is 0.294 e. The van der Waals surface area contributed by atoms with Crippen LogP contribution in [0.5, 0.6) is 0 Å². The number of pyridine rings is 1. The van der Waals surface area contributed by atoms with Gasteiger partial charge in [0.2, 0.25) is 0 Å². The SMILES string of the molecule is Cc1cc(C)c[n+](C2=C(c3c(C(C)C)[nH]n(-c4ccccc4)c3=O)C(=O)N(Cc3ccccc3)C2=O)c1. The molecular weight excluding hydrogens is 464 g/mol. The van der Waals surface area contributed by atoms with Crippen LogP contribution in [0, 0.1) is 13.8 Å². The second-order valence-electron chi connectivity index (χ2n) is 9.73. The second kappa shape index (κ2) is 9.50. The third-order valence-electron chi connectivity index (χ3n) is 6.49. The summed E-state index contributed by atoms with van der Waals surface area (Å²) >= 11 is 0. The highest BCUT2D eigenvalue weighted by atomic mass is 16.2. The molecule has 7 heteroatoms. The number of carbonyl (C=O) groups is 2. The fraction of sp³-hybridized carbons (Fsp3) is 0.200. The van der Waals surface area contributed by atoms with Crippen molar-refractivity contribution in [3.8, 4) is 5.69 Å². The van der Waals surface area contributed by atoms with Crippen molar-refractivity contribution in [3.05, 3.63) is 117 Å². The van der Waals surface area contributed by atoms with Crippen molar-refractivity contribution in [3.63, 3.8) is 0 Å². The van der Waals surface area contributed by atoms with Crippen molar-refractivity contribution in [1.29, 1.82) is 0 Å². The van der Waals surface area contributed by atoms with E-state index in [4.69, 9.17) is 0 Å². The third-order valence-corrected chi connectivity index (χ3v) is 6.49. The van der Waals surface area contributed by atoms with Crippen LogP contribution in [0.1, 0.15) is 47.7 Å². The van der Waals surface area contributed by atoms with E-state index in [2.05, 4.69) is 5.10 Å². The van der Waals surface area contributed by atoms with Crippen molar-refractivity contribution < 1.29 is 14.2 Å². The van der Waals surface area contributed by atoms with E-state index in [0.717, 1.165) is 16.7 Å². The quantitative estimate of drug-likeness (QED) is 0.324. The van der Waals surface area contributed by atoms with Crippen LogP contribution in [0.15, 0.2) is 83.9 Å². The lowest BCUT2D eigenvalue weighted by molar-refractivity contribution is -0.577. The van der Waals surface area contributed by atoms with E-state index >= 15 is 0 Å². The maximum Gasteiger partial charge on any atom is 0.327 e. The van der Waals surface area contributed by atoms with Crippen molar-refractivity contribution in [1.82, 2.24) is 14.7 Å². The lowest BCUT2D eigenvalue weighted by Gasteiger charge is -2.14. The van der Waals surface area contributed by atoms with Gasteiger partial charge in [-0.1, -0.05) is 62.4 Å². The number of H-pyrrole nitrogens is 1. The average molecular weight is 494 g/mol. The van der Waals surface area contributed by atoms with E-state index in [0.29, 0.717) is 11.4 Å². The molecule has 1 aliphatic heterocycles. The molecule has 2 amide bonds. The largest absolute Gasteiger partial charge is 0.327 e. The van der Waals surface area contributed by atoms with Crippen molar-refractivity contribution in [2.45, 2.75) is 40.2 Å². The van der Waals surface area contributed by atoms with Gasteiger partial charge in [0.25, 0.3) is 17.2 Å². The molecule has 3 heterocycles. The van der Waals surface area contributed by atoms with Gasteiger partial charge in [-0.15, -0.1) is 0 Å². The molecule has 2 aromatic heterocycles. The van der Waals surface area contributed by atoms with Gasteiger partial charge in [0, 0.05) is 16.8 Å². The van der Waals surface area contributed by atoms with E-state index in [-0.39, 0.29) is 34.9 Å². The second-order valence-corrected chi connectivity index (χ2v) is 9.73. The first-order chi connectivity index (χ1) is 17.8. The number of aromatic nitrogens is 3. The molecule has 37 heavy (non-hydrogen) atoms. The van der Waals surface area contributed by atoms with Crippen molar-refractivity contribution >= 4 is 23.1 Å². The third kappa shape index (κ3) is 4.33. The molecule has 1 N–H and O–H groups in total. The highest BCUT2D eigenvalue weighted by Crippen LogP contribution is 2.33. The number of aromatic amines is 1. The predicted octanol–water partition coefficient (Wildman–Crippen LogP) is 4.13. The van der Waals surface area contributed by atoms with Crippen LogP contribution in [-0.4, -0.2) is 26.5 Å². The summed E-state index contributed by atoms with van der Waals surface area (Å²) in [6.45, 7) is 7.90. The number of aryl methyl sites for hydroxylation is 2. The molecule has 0 radical (unpaired) electrons. The number of para-hydroxylation sites is 1. The Balaban J connectivity index is 1.77. The van der Waals surface area contributed by atoms with Crippen LogP contribution in [0.4, 0.5) is 0 Å². The maximum atomic E-state index is 14.0. The summed E-state index contributed by atoms with van der Waals surface area (Å²) in [4.78, 5) is 43.1. The molecule has 0 aliphatic carbocycles. The Morgan fingerprint density at radius 2 is 1.43 bits per heavy atom. The molecule has 1 aliphatic rings. The lowest BCUT2D eigenvalue weighted by atomic mass is 9.98. The normalized spacial score (nSPS) is 13.8. The molecule has 5 rings (SSSR count). The molecule has 0 spiro atoms. The van der Waals surface area contributed by atoms with Gasteiger partial charge in [-0.25, -0.2) is 4.68 Å². The molecule has 186 valence electrons. The Hall–Kier alpha value is -4.52. The van der Waals surface area contributed by atoms with E-state index in [1.807, 2.05) is 107 Å². The molecule has 0 saturated heterocycles. The van der Waals surface area contributed by atoms with Crippen LogP contribution in [0.25, 0.3) is 17.0 Å². The summed E-state index contributed by atoms with van der Waals surface area (Å²) in [5.41, 5.74) is 4.14. The van der Waals surface area contributed by atoms with Gasteiger partial charge in [-0.2, -0.15) is 4.57 Å². The number of imide groups is 1. The standard InChI is InChI=1S/C30H28N4O3/c1-19(2)26-24(29(36)34(31-26)23-13-9-6-10-14-23)25-27(32-16-20(3)15-21(4)17-32)30(37)33(28(25)35)18-22-11-7-5-8-12-22/h5-17,19H,18H2,1-4H3/p+1. The molecule has 4 aromatic rings. The topological polar surface area (TPSA) is 79.1 Å². The van der Waals surface area contributed by atoms with Crippen LogP contribution >= 0.6 is 0 Å². The number of hydrogen-bond acceptors (Lipinski definition) is 3. The van der Waals surface area contributed by atoms with Crippen LogP contribution in [0.2, 0.25) is 0 Å². The lowest BCUT2D eigenvalue weighted by Crippen LogP contribution is -2.39. The predicted molar refractivity (Wildman–Crippen MR) is 142 cm³/mol. The number of nitrogens with zero attached hydrogens (tertiary/aromatic N) is 3. The van der Waals surface area contributed by atoms with Crippen molar-refractivity contribution in [2.75, 3.05) is 0 Å². The number of rotatable bonds is 6. The Morgan fingerprint density at radius 1 is 0.838 bits per heavy atom. The van der Waals surface area contributed by atoms with Gasteiger partial charge < -0.3 is 0 Å². The van der Waals surface area contributed by atoms with Gasteiger partial charge in [0.1, 0.15) is 5.57 Å². The Kier molecular flexibility index (Phi) is 6.21. The zero-order valence-electron chi connectivity index (χ0n) is 21.4. The number of hydrogen-bond donors (Lipinski definition) is 1. The fourth-order valence-electron chi connectivity index (χ4n) is 4.85. The minimum atomic E-state index is -0.478. The first kappa shape index (κ1) is 24.2. The summed E-state index contributed by atoms with van der Waals surface area (Å²) in [6, 6.07) is 20.6. The van der Waals surface area contributed by atoms with Gasteiger partial charge in [0.05, 0.1) is 17.8 Å². The highest BCUT2D eigenvalue weighted by Gasteiger charge is 2.47. The molecule has 0 saturated carbocycles. The summed E-state index contributed by atoms with van der Waals surface area (Å²) in [5, 5.41) is 3.22. The van der Waals surface area contributed by atoms with E-state index in [1.165, 1.54) is 9.58 Å². The zero-order valence-corrected chi connectivity index (χ0v) is 21.4. The summed E-state index contributed by atoms with van der Waals surface area (Å²) in [7, 11) is 0. The van der Waals surface area contributed by atoms with Gasteiger partial charge in [-0.05, 0) is 43.5 Å². The van der Waals surface area contributed by atoms with Gasteiger partial charge in [0.15, 0.2) is 12.4 Å². The summed E-state index contributed by atoms with van der Waals surface area (Å²) < 4.78 is 3.13. The molecule has 2 aromatic carbocycles. The van der Waals surface area contributed by atoms with E-state index < -0.39 is 11.8 Å². The molecule has 0 unspecified atom stereocenters. The fourth-order valence-corrected chi connectivity index (χ4v) is 4.85. The van der Waals surface area contributed by atoms with E-state index in [1.54, 1.807) is 4.57 Å². The number of benzene rings is 2. The van der Waals surface area contributed by atoms with Crippen molar-refractivity contribution in [2.24, 2.45) is 0 Å². The Morgan fingerprint density at radius 3 is 2.03 bits per heavy atom. The number of nitrogens with one attached hydrogen (secondary N) is 1. The average Bonchev–Trinajstić information content (AvgIpc) is 3.33. The minimum Gasteiger partial charge on any atom is -0.294 e. The molecule has 0 atom stereocenters. The first-order valence-corrected chi connectivity index (χ1v) is 12.3. The molecule has 0 fully saturated rings. The van der Waals surface area contributed by atoms with Crippen LogP contribution < -0.4 is 10.1 Å². The summed E-state index contributed by atoms with van der Waals surface area (Å²) in [5.74, 6) is -1.01.